The summed E-state index contributed by atoms with van der Waals surface area (Å²) in [7, 11) is 5.08. The maximum atomic E-state index is 12.5. The quantitative estimate of drug-likeness (QED) is 0.786. The maximum Gasteiger partial charge on any atom is 0.332 e. The van der Waals surface area contributed by atoms with Gasteiger partial charge in [0.2, 0.25) is 0 Å². The molecule has 0 radical (unpaired) electrons. The Morgan fingerprint density at radius 2 is 1.78 bits per heavy atom. The molecule has 27 heavy (non-hydrogen) atoms. The van der Waals surface area contributed by atoms with Crippen molar-refractivity contribution in [1.29, 1.82) is 5.26 Å². The van der Waals surface area contributed by atoms with Crippen LogP contribution < -0.4 is 16.1 Å². The molecule has 8 nitrogen and oxygen atoms in total. The van der Waals surface area contributed by atoms with Gasteiger partial charge in [0.1, 0.15) is 17.7 Å². The van der Waals surface area contributed by atoms with E-state index in [9.17, 15) is 14.9 Å². The van der Waals surface area contributed by atoms with E-state index in [0.717, 1.165) is 36.1 Å². The number of aromatic nitrogens is 4. The fourth-order valence-corrected chi connectivity index (χ4v) is 4.56. The Bertz CT molecular complexity index is 1070. The summed E-state index contributed by atoms with van der Waals surface area (Å²) < 4.78 is 4.59. The van der Waals surface area contributed by atoms with Crippen molar-refractivity contribution in [1.82, 2.24) is 18.7 Å². The van der Waals surface area contributed by atoms with Crippen molar-refractivity contribution in [2.75, 3.05) is 11.4 Å². The fourth-order valence-electron chi connectivity index (χ4n) is 4.56. The smallest absolute Gasteiger partial charge is 0.332 e. The van der Waals surface area contributed by atoms with Gasteiger partial charge in [0, 0.05) is 33.4 Å². The van der Waals surface area contributed by atoms with Crippen LogP contribution in [0.25, 0.3) is 0 Å². The molecular formula is C19H24N6O2. The first kappa shape index (κ1) is 17.6. The highest BCUT2D eigenvalue weighted by Gasteiger charge is 2.35. The van der Waals surface area contributed by atoms with Crippen LogP contribution in [0.15, 0.2) is 9.59 Å². The first-order chi connectivity index (χ1) is 13.0. The van der Waals surface area contributed by atoms with E-state index >= 15 is 0 Å². The third kappa shape index (κ3) is 2.52. The van der Waals surface area contributed by atoms with Crippen molar-refractivity contribution in [3.05, 3.63) is 43.6 Å². The first-order valence-corrected chi connectivity index (χ1v) is 9.46. The summed E-state index contributed by atoms with van der Waals surface area (Å²) in [4.78, 5) is 31.9. The van der Waals surface area contributed by atoms with Gasteiger partial charge < -0.3 is 9.47 Å². The van der Waals surface area contributed by atoms with Crippen molar-refractivity contribution >= 4 is 5.82 Å². The summed E-state index contributed by atoms with van der Waals surface area (Å²) in [5.74, 6) is 1.38. The van der Waals surface area contributed by atoms with Crippen LogP contribution in [-0.2, 0) is 34.0 Å². The third-order valence-electron chi connectivity index (χ3n) is 5.98. The molecule has 1 aliphatic carbocycles. The van der Waals surface area contributed by atoms with Gasteiger partial charge in [0.25, 0.3) is 5.56 Å². The summed E-state index contributed by atoms with van der Waals surface area (Å²) in [6.07, 6.45) is 6.21. The fraction of sp³-hybridized carbons (Fsp3) is 0.579. The molecule has 1 aliphatic heterocycles. The van der Waals surface area contributed by atoms with Crippen molar-refractivity contribution in [3.63, 3.8) is 0 Å². The Morgan fingerprint density at radius 1 is 1.04 bits per heavy atom. The van der Waals surface area contributed by atoms with Crippen LogP contribution in [0.3, 0.4) is 0 Å². The second kappa shape index (κ2) is 6.41. The number of hydrogen-bond donors (Lipinski definition) is 0. The van der Waals surface area contributed by atoms with Crippen molar-refractivity contribution in [2.24, 2.45) is 21.1 Å². The Morgan fingerprint density at radius 3 is 2.48 bits per heavy atom. The molecule has 0 aromatic carbocycles. The lowest BCUT2D eigenvalue weighted by Crippen LogP contribution is -2.42. The summed E-state index contributed by atoms with van der Waals surface area (Å²) >= 11 is 0. The summed E-state index contributed by atoms with van der Waals surface area (Å²) in [6.45, 7) is 0.692. The minimum absolute atomic E-state index is 0.0190. The van der Waals surface area contributed by atoms with E-state index in [1.54, 1.807) is 7.05 Å². The zero-order chi connectivity index (χ0) is 19.3. The highest BCUT2D eigenvalue weighted by molar-refractivity contribution is 5.55. The van der Waals surface area contributed by atoms with Gasteiger partial charge >= 0.3 is 5.69 Å². The van der Waals surface area contributed by atoms with Crippen LogP contribution in [0.4, 0.5) is 5.82 Å². The molecule has 0 amide bonds. The molecular weight excluding hydrogens is 344 g/mol. The van der Waals surface area contributed by atoms with Gasteiger partial charge in [0.05, 0.1) is 11.7 Å². The van der Waals surface area contributed by atoms with Gasteiger partial charge in [-0.05, 0) is 38.5 Å². The molecule has 142 valence electrons. The molecule has 2 aromatic heterocycles. The molecule has 1 saturated heterocycles. The van der Waals surface area contributed by atoms with E-state index in [1.807, 2.05) is 11.0 Å². The summed E-state index contributed by atoms with van der Waals surface area (Å²) in [5, 5.41) is 9.62. The lowest BCUT2D eigenvalue weighted by Gasteiger charge is -2.28. The second-order valence-electron chi connectivity index (χ2n) is 7.50. The number of fused-ring (bicyclic) bond motifs is 1. The molecule has 0 N–H and O–H groups in total. The highest BCUT2D eigenvalue weighted by Crippen LogP contribution is 2.37. The SMILES string of the molecule is Cn1c([C@@H]2CCCN2c2c(C#N)c(=O)n(C)c(=O)n2C)nc2c1CCCC2. The van der Waals surface area contributed by atoms with E-state index in [-0.39, 0.29) is 11.6 Å². The monoisotopic (exact) mass is 368 g/mol. The van der Waals surface area contributed by atoms with Gasteiger partial charge in [-0.3, -0.25) is 13.9 Å². The molecule has 4 rings (SSSR count). The van der Waals surface area contributed by atoms with Gasteiger partial charge in [-0.2, -0.15) is 5.26 Å². The number of rotatable bonds is 2. The number of nitrogens with zero attached hydrogens (tertiary/aromatic N) is 6. The second-order valence-corrected chi connectivity index (χ2v) is 7.50. The predicted octanol–water partition coefficient (Wildman–Crippen LogP) is 0.909. The molecule has 0 bridgehead atoms. The van der Waals surface area contributed by atoms with E-state index in [0.29, 0.717) is 12.4 Å². The molecule has 2 aliphatic rings. The van der Waals surface area contributed by atoms with Crippen molar-refractivity contribution < 1.29 is 0 Å². The van der Waals surface area contributed by atoms with E-state index < -0.39 is 11.2 Å². The Balaban J connectivity index is 1.87. The first-order valence-electron chi connectivity index (χ1n) is 9.46. The Hall–Kier alpha value is -2.82. The number of nitriles is 1. The lowest BCUT2D eigenvalue weighted by atomic mass is 10.0. The number of imidazole rings is 1. The molecule has 1 fully saturated rings. The zero-order valence-corrected chi connectivity index (χ0v) is 16.0. The van der Waals surface area contributed by atoms with Gasteiger partial charge in [0.15, 0.2) is 5.56 Å². The number of anilines is 1. The van der Waals surface area contributed by atoms with Gasteiger partial charge in [-0.15, -0.1) is 0 Å². The predicted molar refractivity (Wildman–Crippen MR) is 101 cm³/mol. The molecule has 0 saturated carbocycles. The van der Waals surface area contributed by atoms with E-state index in [1.165, 1.54) is 35.8 Å². The van der Waals surface area contributed by atoms with Crippen LogP contribution in [0.1, 0.15) is 54.5 Å². The molecule has 8 heteroatoms. The maximum absolute atomic E-state index is 12.5. The Kier molecular flexibility index (Phi) is 4.17. The number of aryl methyl sites for hydroxylation is 1. The summed E-state index contributed by atoms with van der Waals surface area (Å²) in [6, 6.07) is 1.99. The molecule has 0 spiro atoms. The average Bonchev–Trinajstić information content (AvgIpc) is 3.27. The largest absolute Gasteiger partial charge is 0.346 e. The molecule has 2 aromatic rings. The summed E-state index contributed by atoms with van der Waals surface area (Å²) in [5.41, 5.74) is 1.52. The standard InChI is InChI=1S/C19H24N6O2/c1-22-14-8-5-4-7-13(14)21-16(22)15-9-6-10-25(15)17-12(11-20)18(26)24(3)19(27)23(17)2/h15H,4-10H2,1-3H3/t15-/m0/s1. The minimum atomic E-state index is -0.541. The molecule has 1 atom stereocenters. The van der Waals surface area contributed by atoms with Gasteiger partial charge in [-0.25, -0.2) is 9.78 Å². The van der Waals surface area contributed by atoms with Crippen molar-refractivity contribution in [2.45, 2.75) is 44.6 Å². The van der Waals surface area contributed by atoms with Crippen LogP contribution in [0.2, 0.25) is 0 Å². The van der Waals surface area contributed by atoms with Gasteiger partial charge in [-0.1, -0.05) is 0 Å². The lowest BCUT2D eigenvalue weighted by molar-refractivity contribution is 0.590. The molecule has 3 heterocycles. The third-order valence-corrected chi connectivity index (χ3v) is 5.98. The van der Waals surface area contributed by atoms with Crippen LogP contribution in [0, 0.1) is 11.3 Å². The van der Waals surface area contributed by atoms with Crippen molar-refractivity contribution in [3.8, 4) is 6.07 Å². The Labute approximate surface area is 157 Å². The number of hydrogen-bond acceptors (Lipinski definition) is 5. The van der Waals surface area contributed by atoms with E-state index in [2.05, 4.69) is 11.6 Å². The van der Waals surface area contributed by atoms with E-state index in [4.69, 9.17) is 4.98 Å². The zero-order valence-electron chi connectivity index (χ0n) is 16.0. The molecule has 0 unspecified atom stereocenters. The average molecular weight is 368 g/mol. The highest BCUT2D eigenvalue weighted by atomic mass is 16.2. The topological polar surface area (TPSA) is 88.9 Å². The van der Waals surface area contributed by atoms with Crippen LogP contribution in [0.5, 0.6) is 0 Å². The minimum Gasteiger partial charge on any atom is -0.346 e. The van der Waals surface area contributed by atoms with Crippen LogP contribution >= 0.6 is 0 Å². The van der Waals surface area contributed by atoms with Crippen LogP contribution in [-0.4, -0.2) is 25.2 Å². The normalized spacial score (nSPS) is 19.2.